The van der Waals surface area contributed by atoms with Crippen molar-refractivity contribution in [1.82, 2.24) is 19.4 Å². The van der Waals surface area contributed by atoms with Crippen molar-refractivity contribution in [3.05, 3.63) is 66.1 Å². The lowest BCUT2D eigenvalue weighted by atomic mass is 9.96. The van der Waals surface area contributed by atoms with E-state index in [-0.39, 0.29) is 23.6 Å². The fraction of sp³-hybridized carbons (Fsp3) is 0.367. The van der Waals surface area contributed by atoms with E-state index in [4.69, 9.17) is 4.74 Å². The first-order valence-corrected chi connectivity index (χ1v) is 13.5. The summed E-state index contributed by atoms with van der Waals surface area (Å²) in [6, 6.07) is 14.2. The first-order chi connectivity index (χ1) is 18.8. The highest BCUT2D eigenvalue weighted by Crippen LogP contribution is 2.30. The molecule has 204 valence electrons. The molecule has 1 amide bonds. The summed E-state index contributed by atoms with van der Waals surface area (Å²) in [6.07, 6.45) is 3.32. The number of likely N-dealkylation sites (tertiary alicyclic amines) is 1. The molecule has 0 spiro atoms. The SMILES string of the molecule is CCN1CCC(C(=O)Nc2cc(Oc3ccc4c(c3)nc(Nc3cc(C(C)C)ccc3F)n4C)ccn2)CC1. The van der Waals surface area contributed by atoms with Crippen molar-refractivity contribution >= 4 is 34.4 Å². The van der Waals surface area contributed by atoms with E-state index >= 15 is 0 Å². The second kappa shape index (κ2) is 11.4. The van der Waals surface area contributed by atoms with E-state index < -0.39 is 0 Å². The molecule has 0 unspecified atom stereocenters. The van der Waals surface area contributed by atoms with Crippen molar-refractivity contribution in [3.63, 3.8) is 0 Å². The highest BCUT2D eigenvalue weighted by Gasteiger charge is 2.24. The molecule has 5 rings (SSSR count). The van der Waals surface area contributed by atoms with Gasteiger partial charge in [-0.05, 0) is 74.3 Å². The molecule has 1 saturated heterocycles. The van der Waals surface area contributed by atoms with E-state index in [1.807, 2.05) is 35.9 Å². The zero-order valence-electron chi connectivity index (χ0n) is 22.9. The van der Waals surface area contributed by atoms with Gasteiger partial charge < -0.3 is 24.8 Å². The Morgan fingerprint density at radius 2 is 1.87 bits per heavy atom. The number of carbonyl (C=O) groups excluding carboxylic acids is 1. The maximum absolute atomic E-state index is 14.5. The van der Waals surface area contributed by atoms with E-state index in [9.17, 15) is 9.18 Å². The number of halogens is 1. The van der Waals surface area contributed by atoms with Gasteiger partial charge in [0.25, 0.3) is 0 Å². The van der Waals surface area contributed by atoms with Crippen LogP contribution in [-0.2, 0) is 11.8 Å². The molecule has 3 heterocycles. The van der Waals surface area contributed by atoms with Gasteiger partial charge in [-0.15, -0.1) is 0 Å². The smallest absolute Gasteiger partial charge is 0.228 e. The molecule has 1 aliphatic heterocycles. The van der Waals surface area contributed by atoms with E-state index in [0.29, 0.717) is 34.5 Å². The molecule has 0 bridgehead atoms. The van der Waals surface area contributed by atoms with Crippen molar-refractivity contribution < 1.29 is 13.9 Å². The monoisotopic (exact) mass is 530 g/mol. The maximum atomic E-state index is 14.5. The lowest BCUT2D eigenvalue weighted by Gasteiger charge is -2.30. The Bertz CT molecular complexity index is 1480. The van der Waals surface area contributed by atoms with E-state index in [0.717, 1.165) is 43.6 Å². The Kier molecular flexibility index (Phi) is 7.79. The molecule has 0 saturated carbocycles. The normalized spacial score (nSPS) is 14.6. The number of aryl methyl sites for hydroxylation is 1. The van der Waals surface area contributed by atoms with Crippen LogP contribution in [0.25, 0.3) is 11.0 Å². The van der Waals surface area contributed by atoms with Crippen LogP contribution in [0.1, 0.15) is 45.1 Å². The quantitative estimate of drug-likeness (QED) is 0.273. The molecule has 1 aliphatic rings. The summed E-state index contributed by atoms with van der Waals surface area (Å²) in [5.41, 5.74) is 3.02. The van der Waals surface area contributed by atoms with Crippen molar-refractivity contribution in [2.24, 2.45) is 13.0 Å². The van der Waals surface area contributed by atoms with Crippen LogP contribution in [-0.4, -0.2) is 45.0 Å². The Morgan fingerprint density at radius 3 is 2.62 bits per heavy atom. The van der Waals surface area contributed by atoms with Crippen LogP contribution in [0, 0.1) is 11.7 Å². The van der Waals surface area contributed by atoms with Gasteiger partial charge >= 0.3 is 0 Å². The fourth-order valence-corrected chi connectivity index (χ4v) is 4.89. The highest BCUT2D eigenvalue weighted by atomic mass is 19.1. The average molecular weight is 531 g/mol. The predicted molar refractivity (Wildman–Crippen MR) is 152 cm³/mol. The molecule has 4 aromatic rings. The van der Waals surface area contributed by atoms with Gasteiger partial charge in [-0.2, -0.15) is 0 Å². The standard InChI is InChI=1S/C30H35FN6O2/c1-5-37-14-11-20(12-15-37)29(38)35-28-18-23(10-13-32-28)39-22-7-9-27-26(17-22)34-30(36(27)4)33-25-16-21(19(2)3)6-8-24(25)31/h6-10,13,16-20H,5,11-12,14-15H2,1-4H3,(H,33,34)(H,32,35,38). The number of aromatic nitrogens is 3. The average Bonchev–Trinajstić information content (AvgIpc) is 3.24. The summed E-state index contributed by atoms with van der Waals surface area (Å²) in [5.74, 6) is 2.09. The van der Waals surface area contributed by atoms with Gasteiger partial charge in [-0.3, -0.25) is 4.79 Å². The number of pyridine rings is 1. The third kappa shape index (κ3) is 6.04. The molecule has 2 aromatic heterocycles. The number of imidazole rings is 1. The molecule has 2 aromatic carbocycles. The Balaban J connectivity index is 1.29. The molecular formula is C30H35FN6O2. The second-order valence-electron chi connectivity index (χ2n) is 10.3. The summed E-state index contributed by atoms with van der Waals surface area (Å²) in [7, 11) is 1.88. The number of piperidine rings is 1. The van der Waals surface area contributed by atoms with Gasteiger partial charge in [-0.25, -0.2) is 14.4 Å². The molecule has 2 N–H and O–H groups in total. The van der Waals surface area contributed by atoms with Crippen molar-refractivity contribution in [2.45, 2.75) is 39.5 Å². The van der Waals surface area contributed by atoms with Gasteiger partial charge in [0.2, 0.25) is 11.9 Å². The maximum Gasteiger partial charge on any atom is 0.228 e. The van der Waals surface area contributed by atoms with E-state index in [1.54, 1.807) is 24.4 Å². The molecule has 39 heavy (non-hydrogen) atoms. The Labute approximate surface area is 228 Å². The third-order valence-electron chi connectivity index (χ3n) is 7.38. The summed E-state index contributed by atoms with van der Waals surface area (Å²) in [6.45, 7) is 9.19. The van der Waals surface area contributed by atoms with Crippen LogP contribution in [0.15, 0.2) is 54.7 Å². The van der Waals surface area contributed by atoms with Crippen LogP contribution in [0.4, 0.5) is 21.8 Å². The van der Waals surface area contributed by atoms with E-state index in [1.165, 1.54) is 6.07 Å². The Hall–Kier alpha value is -3.98. The van der Waals surface area contributed by atoms with Gasteiger partial charge in [0.15, 0.2) is 0 Å². The molecule has 8 nitrogen and oxygen atoms in total. The van der Waals surface area contributed by atoms with Crippen LogP contribution >= 0.6 is 0 Å². The number of anilines is 3. The highest BCUT2D eigenvalue weighted by molar-refractivity contribution is 5.92. The number of fused-ring (bicyclic) bond motifs is 1. The summed E-state index contributed by atoms with van der Waals surface area (Å²) in [5, 5.41) is 6.08. The van der Waals surface area contributed by atoms with Gasteiger partial charge in [0.1, 0.15) is 23.1 Å². The number of nitrogens with zero attached hydrogens (tertiary/aromatic N) is 4. The topological polar surface area (TPSA) is 84.3 Å². The van der Waals surface area contributed by atoms with Crippen molar-refractivity contribution in [1.29, 1.82) is 0 Å². The van der Waals surface area contributed by atoms with E-state index in [2.05, 4.69) is 46.3 Å². The van der Waals surface area contributed by atoms with Crippen LogP contribution < -0.4 is 15.4 Å². The minimum atomic E-state index is -0.331. The second-order valence-corrected chi connectivity index (χ2v) is 10.3. The Morgan fingerprint density at radius 1 is 1.10 bits per heavy atom. The number of hydrogen-bond donors (Lipinski definition) is 2. The number of amides is 1. The summed E-state index contributed by atoms with van der Waals surface area (Å²) >= 11 is 0. The van der Waals surface area contributed by atoms with Crippen LogP contribution in [0.3, 0.4) is 0 Å². The number of ether oxygens (including phenoxy) is 1. The first kappa shape index (κ1) is 26.6. The third-order valence-corrected chi connectivity index (χ3v) is 7.38. The van der Waals surface area contributed by atoms with Crippen LogP contribution in [0.2, 0.25) is 0 Å². The number of nitrogens with one attached hydrogen (secondary N) is 2. The number of carbonyl (C=O) groups is 1. The largest absolute Gasteiger partial charge is 0.457 e. The minimum Gasteiger partial charge on any atom is -0.457 e. The molecule has 9 heteroatoms. The van der Waals surface area contributed by atoms with Crippen molar-refractivity contribution in [3.8, 4) is 11.5 Å². The van der Waals surface area contributed by atoms with Crippen LogP contribution in [0.5, 0.6) is 11.5 Å². The fourth-order valence-electron chi connectivity index (χ4n) is 4.89. The summed E-state index contributed by atoms with van der Waals surface area (Å²) in [4.78, 5) is 24.1. The number of hydrogen-bond acceptors (Lipinski definition) is 6. The number of rotatable bonds is 8. The summed E-state index contributed by atoms with van der Waals surface area (Å²) < 4.78 is 22.5. The van der Waals surface area contributed by atoms with Gasteiger partial charge in [0, 0.05) is 31.3 Å². The molecule has 0 radical (unpaired) electrons. The van der Waals surface area contributed by atoms with Gasteiger partial charge in [-0.1, -0.05) is 26.8 Å². The molecule has 0 atom stereocenters. The predicted octanol–water partition coefficient (Wildman–Crippen LogP) is 6.44. The van der Waals surface area contributed by atoms with Crippen molar-refractivity contribution in [2.75, 3.05) is 30.3 Å². The number of benzene rings is 2. The molecule has 1 fully saturated rings. The molecule has 0 aliphatic carbocycles. The zero-order chi connectivity index (χ0) is 27.5. The minimum absolute atomic E-state index is 0.000653. The van der Waals surface area contributed by atoms with Gasteiger partial charge in [0.05, 0.1) is 16.7 Å². The zero-order valence-corrected chi connectivity index (χ0v) is 22.9. The molecular weight excluding hydrogens is 495 g/mol. The lowest BCUT2D eigenvalue weighted by Crippen LogP contribution is -2.38. The first-order valence-electron chi connectivity index (χ1n) is 13.5. The lowest BCUT2D eigenvalue weighted by molar-refractivity contribution is -0.121.